The van der Waals surface area contributed by atoms with E-state index in [4.69, 9.17) is 11.5 Å². The van der Waals surface area contributed by atoms with E-state index in [0.29, 0.717) is 6.04 Å². The first-order valence-corrected chi connectivity index (χ1v) is 4.98. The van der Waals surface area contributed by atoms with E-state index in [0.717, 1.165) is 31.2 Å². The quantitative estimate of drug-likeness (QED) is 0.541. The molecule has 1 saturated heterocycles. The molecule has 0 aromatic carbocycles. The molecular weight excluding hydrogens is 176 g/mol. The summed E-state index contributed by atoms with van der Waals surface area (Å²) >= 11 is 0. The molecule has 0 aromatic heterocycles. The molecule has 4 heteroatoms. The average Bonchev–Trinajstić information content (AvgIpc) is 2.15. The van der Waals surface area contributed by atoms with Gasteiger partial charge >= 0.3 is 0 Å². The molecule has 1 heterocycles. The molecule has 5 N–H and O–H groups in total. The SMILES string of the molecule is C/C(N)=C/C=C(\N)N1CCNC[C@@H]1C. The molecular formula is C10H20N4. The van der Waals surface area contributed by atoms with Crippen molar-refractivity contribution in [3.63, 3.8) is 0 Å². The van der Waals surface area contributed by atoms with Crippen molar-refractivity contribution < 1.29 is 0 Å². The van der Waals surface area contributed by atoms with Gasteiger partial charge in [-0.05, 0) is 26.0 Å². The molecule has 1 rings (SSSR count). The molecule has 1 aliphatic rings. The van der Waals surface area contributed by atoms with E-state index < -0.39 is 0 Å². The second-order valence-electron chi connectivity index (χ2n) is 3.75. The van der Waals surface area contributed by atoms with Crippen LogP contribution in [-0.2, 0) is 0 Å². The van der Waals surface area contributed by atoms with Crippen molar-refractivity contribution in [2.75, 3.05) is 19.6 Å². The summed E-state index contributed by atoms with van der Waals surface area (Å²) in [6.07, 6.45) is 3.71. The highest BCUT2D eigenvalue weighted by Gasteiger charge is 2.17. The van der Waals surface area contributed by atoms with Crippen LogP contribution in [0.3, 0.4) is 0 Å². The van der Waals surface area contributed by atoms with Crippen LogP contribution in [0, 0.1) is 0 Å². The lowest BCUT2D eigenvalue weighted by Gasteiger charge is -2.35. The van der Waals surface area contributed by atoms with Gasteiger partial charge in [0.25, 0.3) is 0 Å². The summed E-state index contributed by atoms with van der Waals surface area (Å²) in [4.78, 5) is 2.19. The normalized spacial score (nSPS) is 25.3. The van der Waals surface area contributed by atoms with Gasteiger partial charge in [-0.15, -0.1) is 0 Å². The van der Waals surface area contributed by atoms with E-state index in [-0.39, 0.29) is 0 Å². The van der Waals surface area contributed by atoms with Crippen molar-refractivity contribution in [3.05, 3.63) is 23.7 Å². The lowest BCUT2D eigenvalue weighted by molar-refractivity contribution is 0.221. The third-order valence-electron chi connectivity index (χ3n) is 2.35. The zero-order valence-electron chi connectivity index (χ0n) is 8.96. The highest BCUT2D eigenvalue weighted by atomic mass is 15.3. The van der Waals surface area contributed by atoms with Crippen molar-refractivity contribution in [1.82, 2.24) is 10.2 Å². The second-order valence-corrected chi connectivity index (χ2v) is 3.75. The molecule has 0 radical (unpaired) electrons. The highest BCUT2D eigenvalue weighted by molar-refractivity contribution is 5.13. The standard InChI is InChI=1S/C10H20N4/c1-8(11)3-4-10(12)14-6-5-13-7-9(14)2/h3-4,9,13H,5-7,11-12H2,1-2H3/b8-3-,10-4+/t9-/m0/s1. The molecule has 0 unspecified atom stereocenters. The number of piperazine rings is 1. The fourth-order valence-corrected chi connectivity index (χ4v) is 1.54. The van der Waals surface area contributed by atoms with Crippen LogP contribution in [0.15, 0.2) is 23.7 Å². The predicted octanol–water partition coefficient (Wildman–Crippen LogP) is -0.0573. The van der Waals surface area contributed by atoms with Crippen molar-refractivity contribution in [3.8, 4) is 0 Å². The third-order valence-corrected chi connectivity index (χ3v) is 2.35. The Bertz CT molecular complexity index is 241. The first-order chi connectivity index (χ1) is 6.61. The molecule has 1 fully saturated rings. The molecule has 4 nitrogen and oxygen atoms in total. The number of nitrogens with two attached hydrogens (primary N) is 2. The van der Waals surface area contributed by atoms with E-state index in [1.54, 1.807) is 0 Å². The van der Waals surface area contributed by atoms with Crippen LogP contribution in [0.4, 0.5) is 0 Å². The van der Waals surface area contributed by atoms with E-state index in [1.165, 1.54) is 0 Å². The summed E-state index contributed by atoms with van der Waals surface area (Å²) < 4.78 is 0. The van der Waals surface area contributed by atoms with Crippen LogP contribution in [0.5, 0.6) is 0 Å². The minimum Gasteiger partial charge on any atom is -0.402 e. The molecule has 1 aliphatic heterocycles. The minimum absolute atomic E-state index is 0.450. The highest BCUT2D eigenvalue weighted by Crippen LogP contribution is 2.07. The van der Waals surface area contributed by atoms with Gasteiger partial charge in [-0.25, -0.2) is 0 Å². The maximum absolute atomic E-state index is 5.95. The molecule has 0 aromatic rings. The first kappa shape index (κ1) is 10.9. The number of allylic oxidation sites excluding steroid dienone is 3. The van der Waals surface area contributed by atoms with Gasteiger partial charge in [-0.3, -0.25) is 0 Å². The van der Waals surface area contributed by atoms with Crippen LogP contribution in [-0.4, -0.2) is 30.6 Å². The summed E-state index contributed by atoms with van der Waals surface area (Å²) in [5.74, 6) is 0.795. The number of hydrogen-bond donors (Lipinski definition) is 3. The zero-order valence-corrected chi connectivity index (χ0v) is 8.96. The molecule has 80 valence electrons. The van der Waals surface area contributed by atoms with Gasteiger partial charge in [0, 0.05) is 31.4 Å². The topological polar surface area (TPSA) is 67.3 Å². The van der Waals surface area contributed by atoms with Gasteiger partial charge < -0.3 is 21.7 Å². The zero-order chi connectivity index (χ0) is 10.6. The van der Waals surface area contributed by atoms with E-state index in [2.05, 4.69) is 17.1 Å². The smallest absolute Gasteiger partial charge is 0.0990 e. The van der Waals surface area contributed by atoms with Crippen LogP contribution in [0.1, 0.15) is 13.8 Å². The molecule has 0 saturated carbocycles. The van der Waals surface area contributed by atoms with Gasteiger partial charge in [0.15, 0.2) is 0 Å². The summed E-state index contributed by atoms with van der Waals surface area (Å²) in [5.41, 5.74) is 12.3. The van der Waals surface area contributed by atoms with E-state index >= 15 is 0 Å². The van der Waals surface area contributed by atoms with E-state index in [9.17, 15) is 0 Å². The van der Waals surface area contributed by atoms with Crippen molar-refractivity contribution in [2.24, 2.45) is 11.5 Å². The fraction of sp³-hybridized carbons (Fsp3) is 0.600. The predicted molar refractivity (Wildman–Crippen MR) is 59.3 cm³/mol. The molecule has 0 bridgehead atoms. The van der Waals surface area contributed by atoms with Crippen molar-refractivity contribution in [1.29, 1.82) is 0 Å². The van der Waals surface area contributed by atoms with Crippen LogP contribution in [0.2, 0.25) is 0 Å². The van der Waals surface area contributed by atoms with Gasteiger partial charge in [-0.2, -0.15) is 0 Å². The third kappa shape index (κ3) is 2.96. The molecule has 1 atom stereocenters. The lowest BCUT2D eigenvalue weighted by Crippen LogP contribution is -2.50. The Balaban J connectivity index is 2.62. The van der Waals surface area contributed by atoms with Crippen LogP contribution < -0.4 is 16.8 Å². The second kappa shape index (κ2) is 4.91. The molecule has 0 spiro atoms. The summed E-state index contributed by atoms with van der Waals surface area (Å²) in [7, 11) is 0. The Morgan fingerprint density at radius 1 is 1.43 bits per heavy atom. The number of nitrogens with one attached hydrogen (secondary N) is 1. The van der Waals surface area contributed by atoms with Gasteiger partial charge in [0.05, 0.1) is 5.82 Å². The molecule has 14 heavy (non-hydrogen) atoms. The number of hydrogen-bond acceptors (Lipinski definition) is 4. The Kier molecular flexibility index (Phi) is 3.83. The van der Waals surface area contributed by atoms with Crippen molar-refractivity contribution in [2.45, 2.75) is 19.9 Å². The van der Waals surface area contributed by atoms with Crippen LogP contribution >= 0.6 is 0 Å². The molecule has 0 amide bonds. The monoisotopic (exact) mass is 196 g/mol. The average molecular weight is 196 g/mol. The Morgan fingerprint density at radius 3 is 2.71 bits per heavy atom. The minimum atomic E-state index is 0.450. The Labute approximate surface area is 85.6 Å². The fourth-order valence-electron chi connectivity index (χ4n) is 1.54. The van der Waals surface area contributed by atoms with Crippen LogP contribution in [0.25, 0.3) is 0 Å². The largest absolute Gasteiger partial charge is 0.402 e. The number of rotatable bonds is 2. The maximum Gasteiger partial charge on any atom is 0.0990 e. The van der Waals surface area contributed by atoms with Gasteiger partial charge in [0.2, 0.25) is 0 Å². The Morgan fingerprint density at radius 2 is 2.14 bits per heavy atom. The summed E-state index contributed by atoms with van der Waals surface area (Å²) in [5, 5.41) is 3.32. The first-order valence-electron chi connectivity index (χ1n) is 4.98. The van der Waals surface area contributed by atoms with Gasteiger partial charge in [0.1, 0.15) is 0 Å². The number of nitrogens with zero attached hydrogens (tertiary/aromatic N) is 1. The van der Waals surface area contributed by atoms with Crippen molar-refractivity contribution >= 4 is 0 Å². The lowest BCUT2D eigenvalue weighted by atomic mass is 10.2. The summed E-state index contributed by atoms with van der Waals surface area (Å²) in [6, 6.07) is 0.450. The Hall–Kier alpha value is -1.16. The molecule has 0 aliphatic carbocycles. The summed E-state index contributed by atoms with van der Waals surface area (Å²) in [6.45, 7) is 6.95. The van der Waals surface area contributed by atoms with E-state index in [1.807, 2.05) is 19.1 Å². The maximum atomic E-state index is 5.95. The van der Waals surface area contributed by atoms with Gasteiger partial charge in [-0.1, -0.05) is 0 Å².